The predicted molar refractivity (Wildman–Crippen MR) is 60.1 cm³/mol. The number of amides is 1. The lowest BCUT2D eigenvalue weighted by molar-refractivity contribution is 0.0840. The van der Waals surface area contributed by atoms with Crippen LogP contribution in [-0.4, -0.2) is 26.6 Å². The van der Waals surface area contributed by atoms with Crippen LogP contribution in [0.5, 0.6) is 0 Å². The van der Waals surface area contributed by atoms with E-state index in [1.165, 1.54) is 6.42 Å². The standard InChI is InChI=1S/C11H18N4O/c1-3-5-8-12-9(15-14-8)10(16)13-11(2)6-4-7-11/h3-7H2,1-2H3,(H,13,16)(H,12,14,15). The van der Waals surface area contributed by atoms with Gasteiger partial charge in [-0.1, -0.05) is 6.92 Å². The van der Waals surface area contributed by atoms with Gasteiger partial charge < -0.3 is 5.32 Å². The molecule has 2 N–H and O–H groups in total. The average molecular weight is 222 g/mol. The fourth-order valence-corrected chi connectivity index (χ4v) is 1.91. The van der Waals surface area contributed by atoms with Gasteiger partial charge in [-0.05, 0) is 32.6 Å². The molecule has 2 rings (SSSR count). The van der Waals surface area contributed by atoms with Crippen molar-refractivity contribution in [3.8, 4) is 0 Å². The molecule has 0 aromatic carbocycles. The molecule has 16 heavy (non-hydrogen) atoms. The van der Waals surface area contributed by atoms with Gasteiger partial charge >= 0.3 is 0 Å². The highest BCUT2D eigenvalue weighted by Crippen LogP contribution is 2.30. The second-order valence-corrected chi connectivity index (χ2v) is 4.72. The van der Waals surface area contributed by atoms with Crippen molar-refractivity contribution in [2.45, 2.75) is 51.5 Å². The minimum absolute atomic E-state index is 0.0391. The van der Waals surface area contributed by atoms with Crippen molar-refractivity contribution in [2.75, 3.05) is 0 Å². The topological polar surface area (TPSA) is 70.7 Å². The zero-order valence-corrected chi connectivity index (χ0v) is 9.84. The van der Waals surface area contributed by atoms with Crippen molar-refractivity contribution >= 4 is 5.91 Å². The molecule has 0 unspecified atom stereocenters. The van der Waals surface area contributed by atoms with Crippen molar-refractivity contribution in [3.05, 3.63) is 11.6 Å². The molecule has 1 fully saturated rings. The van der Waals surface area contributed by atoms with Crippen LogP contribution in [-0.2, 0) is 6.42 Å². The molecule has 0 bridgehead atoms. The van der Waals surface area contributed by atoms with E-state index in [2.05, 4.69) is 34.3 Å². The van der Waals surface area contributed by atoms with Crippen molar-refractivity contribution in [3.63, 3.8) is 0 Å². The first-order valence-corrected chi connectivity index (χ1v) is 5.87. The maximum Gasteiger partial charge on any atom is 0.291 e. The van der Waals surface area contributed by atoms with Crippen molar-refractivity contribution in [1.82, 2.24) is 20.5 Å². The second kappa shape index (κ2) is 4.23. The quantitative estimate of drug-likeness (QED) is 0.809. The normalized spacial score (nSPS) is 17.9. The van der Waals surface area contributed by atoms with E-state index < -0.39 is 0 Å². The smallest absolute Gasteiger partial charge is 0.291 e. The van der Waals surface area contributed by atoms with Crippen LogP contribution in [0.15, 0.2) is 0 Å². The van der Waals surface area contributed by atoms with E-state index in [9.17, 15) is 4.79 Å². The number of carbonyl (C=O) groups excluding carboxylic acids is 1. The summed E-state index contributed by atoms with van der Waals surface area (Å²) < 4.78 is 0. The maximum absolute atomic E-state index is 11.8. The molecular formula is C11H18N4O. The molecule has 0 aliphatic heterocycles. The summed E-state index contributed by atoms with van der Waals surface area (Å²) >= 11 is 0. The van der Waals surface area contributed by atoms with Crippen molar-refractivity contribution < 1.29 is 4.79 Å². The van der Waals surface area contributed by atoms with Crippen LogP contribution < -0.4 is 5.32 Å². The van der Waals surface area contributed by atoms with E-state index in [1.807, 2.05) is 0 Å². The number of H-pyrrole nitrogens is 1. The molecule has 0 radical (unpaired) electrons. The third kappa shape index (κ3) is 2.23. The fraction of sp³-hybridized carbons (Fsp3) is 0.727. The van der Waals surface area contributed by atoms with Crippen LogP contribution in [0.25, 0.3) is 0 Å². The lowest BCUT2D eigenvalue weighted by Crippen LogP contribution is -2.51. The molecule has 1 aliphatic rings. The summed E-state index contributed by atoms with van der Waals surface area (Å²) in [5.74, 6) is 0.879. The van der Waals surface area contributed by atoms with E-state index in [0.717, 1.165) is 31.5 Å². The number of hydrogen-bond acceptors (Lipinski definition) is 3. The SMILES string of the molecule is CCCc1nc(C(=O)NC2(C)CCC2)n[nH]1. The summed E-state index contributed by atoms with van der Waals surface area (Å²) in [6, 6.07) is 0. The molecule has 5 heteroatoms. The van der Waals surface area contributed by atoms with Gasteiger partial charge in [0.05, 0.1) is 0 Å². The third-order valence-corrected chi connectivity index (χ3v) is 3.09. The molecule has 0 saturated heterocycles. The maximum atomic E-state index is 11.8. The first-order valence-electron chi connectivity index (χ1n) is 5.87. The van der Waals surface area contributed by atoms with Gasteiger partial charge in [-0.25, -0.2) is 4.98 Å². The number of nitrogens with zero attached hydrogens (tertiary/aromatic N) is 2. The van der Waals surface area contributed by atoms with Gasteiger partial charge in [-0.15, -0.1) is 5.10 Å². The molecular weight excluding hydrogens is 204 g/mol. The summed E-state index contributed by atoms with van der Waals surface area (Å²) in [5, 5.41) is 9.70. The Balaban J connectivity index is 1.97. The first kappa shape index (κ1) is 11.1. The van der Waals surface area contributed by atoms with E-state index in [-0.39, 0.29) is 17.3 Å². The number of carbonyl (C=O) groups is 1. The van der Waals surface area contributed by atoms with Gasteiger partial charge in [-0.2, -0.15) is 0 Å². The minimum Gasteiger partial charge on any atom is -0.344 e. The number of hydrogen-bond donors (Lipinski definition) is 2. The molecule has 1 aromatic rings. The summed E-state index contributed by atoms with van der Waals surface area (Å²) in [6.45, 7) is 4.13. The number of rotatable bonds is 4. The van der Waals surface area contributed by atoms with Crippen LogP contribution >= 0.6 is 0 Å². The van der Waals surface area contributed by atoms with Gasteiger partial charge in [0.2, 0.25) is 5.82 Å². The average Bonchev–Trinajstić information content (AvgIpc) is 2.64. The minimum atomic E-state index is -0.166. The predicted octanol–water partition coefficient (Wildman–Crippen LogP) is 1.43. The summed E-state index contributed by atoms with van der Waals surface area (Å²) in [5.41, 5.74) is -0.0391. The highest BCUT2D eigenvalue weighted by Gasteiger charge is 2.34. The van der Waals surface area contributed by atoms with Crippen LogP contribution in [0.1, 0.15) is 56.0 Å². The number of aromatic amines is 1. The zero-order valence-electron chi connectivity index (χ0n) is 9.84. The fourth-order valence-electron chi connectivity index (χ4n) is 1.91. The number of aryl methyl sites for hydroxylation is 1. The third-order valence-electron chi connectivity index (χ3n) is 3.09. The van der Waals surface area contributed by atoms with E-state index in [0.29, 0.717) is 0 Å². The van der Waals surface area contributed by atoms with Gasteiger partial charge in [0.25, 0.3) is 5.91 Å². The molecule has 1 saturated carbocycles. The Morgan fingerprint density at radius 3 is 2.88 bits per heavy atom. The van der Waals surface area contributed by atoms with Crippen LogP contribution in [0.2, 0.25) is 0 Å². The molecule has 5 nitrogen and oxygen atoms in total. The van der Waals surface area contributed by atoms with Gasteiger partial charge in [0.1, 0.15) is 5.82 Å². The molecule has 1 aromatic heterocycles. The Labute approximate surface area is 95.0 Å². The monoisotopic (exact) mass is 222 g/mol. The lowest BCUT2D eigenvalue weighted by Gasteiger charge is -2.38. The summed E-state index contributed by atoms with van der Waals surface area (Å²) in [4.78, 5) is 16.0. The van der Waals surface area contributed by atoms with E-state index in [1.54, 1.807) is 0 Å². The van der Waals surface area contributed by atoms with Crippen LogP contribution in [0, 0.1) is 0 Å². The van der Waals surface area contributed by atoms with Gasteiger partial charge in [0, 0.05) is 12.0 Å². The van der Waals surface area contributed by atoms with Crippen LogP contribution in [0.4, 0.5) is 0 Å². The molecule has 0 spiro atoms. The van der Waals surface area contributed by atoms with E-state index >= 15 is 0 Å². The molecule has 1 amide bonds. The Morgan fingerprint density at radius 2 is 2.31 bits per heavy atom. The molecule has 0 atom stereocenters. The highest BCUT2D eigenvalue weighted by molar-refractivity contribution is 5.90. The van der Waals surface area contributed by atoms with Crippen molar-refractivity contribution in [1.29, 1.82) is 0 Å². The molecule has 1 aliphatic carbocycles. The van der Waals surface area contributed by atoms with Crippen LogP contribution in [0.3, 0.4) is 0 Å². The number of aromatic nitrogens is 3. The summed E-state index contributed by atoms with van der Waals surface area (Å²) in [7, 11) is 0. The highest BCUT2D eigenvalue weighted by atomic mass is 16.2. The van der Waals surface area contributed by atoms with Gasteiger partial charge in [0.15, 0.2) is 0 Å². The Kier molecular flexibility index (Phi) is 2.94. The number of nitrogens with one attached hydrogen (secondary N) is 2. The molecule has 88 valence electrons. The lowest BCUT2D eigenvalue weighted by atomic mass is 9.78. The Morgan fingerprint density at radius 1 is 1.56 bits per heavy atom. The van der Waals surface area contributed by atoms with E-state index in [4.69, 9.17) is 0 Å². The summed E-state index contributed by atoms with van der Waals surface area (Å²) in [6.07, 6.45) is 5.10. The van der Waals surface area contributed by atoms with Gasteiger partial charge in [-0.3, -0.25) is 9.89 Å². The van der Waals surface area contributed by atoms with Crippen molar-refractivity contribution in [2.24, 2.45) is 0 Å². The zero-order chi connectivity index (χ0) is 11.6. The molecule has 1 heterocycles. The second-order valence-electron chi connectivity index (χ2n) is 4.72. The first-order chi connectivity index (χ1) is 7.63. The Bertz CT molecular complexity index is 381. The Hall–Kier alpha value is -1.39. The largest absolute Gasteiger partial charge is 0.344 e.